The summed E-state index contributed by atoms with van der Waals surface area (Å²) in [5.41, 5.74) is 1.92. The molecule has 0 saturated carbocycles. The first-order valence-electron chi connectivity index (χ1n) is 7.42. The van der Waals surface area contributed by atoms with Crippen LogP contribution in [-0.4, -0.2) is 36.6 Å². The molecule has 0 amide bonds. The van der Waals surface area contributed by atoms with Crippen molar-refractivity contribution < 1.29 is 4.39 Å². The highest BCUT2D eigenvalue weighted by Crippen LogP contribution is 2.30. The Bertz CT molecular complexity index is 460. The van der Waals surface area contributed by atoms with E-state index >= 15 is 0 Å². The monoisotopic (exact) mass is 262 g/mol. The van der Waals surface area contributed by atoms with Gasteiger partial charge in [0.1, 0.15) is 5.82 Å². The molecule has 2 nitrogen and oxygen atoms in total. The summed E-state index contributed by atoms with van der Waals surface area (Å²) in [4.78, 5) is 4.87. The molecular weight excluding hydrogens is 239 g/mol. The van der Waals surface area contributed by atoms with E-state index < -0.39 is 0 Å². The average molecular weight is 262 g/mol. The molecule has 2 saturated heterocycles. The zero-order valence-electron chi connectivity index (χ0n) is 11.9. The van der Waals surface area contributed by atoms with Crippen molar-refractivity contribution in [2.75, 3.05) is 24.5 Å². The highest BCUT2D eigenvalue weighted by molar-refractivity contribution is 5.51. The maximum atomic E-state index is 14.1. The van der Waals surface area contributed by atoms with Crippen LogP contribution in [0.2, 0.25) is 0 Å². The molecule has 2 aliphatic rings. The summed E-state index contributed by atoms with van der Waals surface area (Å²) in [6, 6.07) is 6.45. The molecule has 0 aliphatic carbocycles. The number of anilines is 1. The predicted molar refractivity (Wildman–Crippen MR) is 77.2 cm³/mol. The van der Waals surface area contributed by atoms with E-state index in [1.54, 1.807) is 6.07 Å². The minimum absolute atomic E-state index is 0.0818. The Morgan fingerprint density at radius 3 is 2.89 bits per heavy atom. The van der Waals surface area contributed by atoms with Crippen molar-refractivity contribution >= 4 is 5.69 Å². The SMILES string of the molecule is Cc1ccc(F)c(N2CC3CCCCN3CC2C)c1. The smallest absolute Gasteiger partial charge is 0.146 e. The van der Waals surface area contributed by atoms with Gasteiger partial charge in [0.2, 0.25) is 0 Å². The maximum absolute atomic E-state index is 14.1. The van der Waals surface area contributed by atoms with E-state index in [1.807, 2.05) is 19.1 Å². The Morgan fingerprint density at radius 1 is 1.21 bits per heavy atom. The van der Waals surface area contributed by atoms with Gasteiger partial charge in [-0.25, -0.2) is 4.39 Å². The number of nitrogens with zero attached hydrogens (tertiary/aromatic N) is 2. The van der Waals surface area contributed by atoms with Crippen LogP contribution in [0.3, 0.4) is 0 Å². The number of piperazine rings is 1. The molecule has 0 bridgehead atoms. The second-order valence-corrected chi connectivity index (χ2v) is 6.10. The maximum Gasteiger partial charge on any atom is 0.146 e. The average Bonchev–Trinajstić information content (AvgIpc) is 2.41. The number of aryl methyl sites for hydroxylation is 1. The van der Waals surface area contributed by atoms with Crippen LogP contribution in [-0.2, 0) is 0 Å². The third-order valence-electron chi connectivity index (χ3n) is 4.60. The first kappa shape index (κ1) is 12.9. The summed E-state index contributed by atoms with van der Waals surface area (Å²) < 4.78 is 14.1. The first-order chi connectivity index (χ1) is 9.15. The van der Waals surface area contributed by atoms with Gasteiger partial charge in [0.25, 0.3) is 0 Å². The quantitative estimate of drug-likeness (QED) is 0.767. The van der Waals surface area contributed by atoms with Crippen molar-refractivity contribution in [2.24, 2.45) is 0 Å². The van der Waals surface area contributed by atoms with E-state index in [4.69, 9.17) is 0 Å². The van der Waals surface area contributed by atoms with E-state index in [-0.39, 0.29) is 5.82 Å². The van der Waals surface area contributed by atoms with E-state index in [2.05, 4.69) is 16.7 Å². The number of hydrogen-bond donors (Lipinski definition) is 0. The number of rotatable bonds is 1. The molecule has 0 radical (unpaired) electrons. The molecule has 19 heavy (non-hydrogen) atoms. The zero-order valence-corrected chi connectivity index (χ0v) is 11.9. The molecule has 3 rings (SSSR count). The van der Waals surface area contributed by atoms with Gasteiger partial charge >= 0.3 is 0 Å². The Labute approximate surface area is 115 Å². The van der Waals surface area contributed by atoms with Gasteiger partial charge in [-0.2, -0.15) is 0 Å². The first-order valence-corrected chi connectivity index (χ1v) is 7.42. The number of halogens is 1. The van der Waals surface area contributed by atoms with Gasteiger partial charge in [0.15, 0.2) is 0 Å². The highest BCUT2D eigenvalue weighted by Gasteiger charge is 2.33. The fraction of sp³-hybridized carbons (Fsp3) is 0.625. The minimum atomic E-state index is -0.0818. The molecule has 104 valence electrons. The van der Waals surface area contributed by atoms with Crippen molar-refractivity contribution in [1.82, 2.24) is 4.90 Å². The van der Waals surface area contributed by atoms with Gasteiger partial charge in [0.05, 0.1) is 5.69 Å². The molecule has 1 aromatic carbocycles. The van der Waals surface area contributed by atoms with E-state index in [9.17, 15) is 4.39 Å². The number of benzene rings is 1. The molecule has 0 N–H and O–H groups in total. The molecule has 0 aromatic heterocycles. The molecule has 2 aliphatic heterocycles. The molecule has 2 unspecified atom stereocenters. The van der Waals surface area contributed by atoms with Gasteiger partial charge in [-0.15, -0.1) is 0 Å². The minimum Gasteiger partial charge on any atom is -0.364 e. The summed E-state index contributed by atoms with van der Waals surface area (Å²) in [6.45, 7) is 7.51. The Balaban J connectivity index is 1.85. The second-order valence-electron chi connectivity index (χ2n) is 6.10. The van der Waals surface area contributed by atoms with Crippen LogP contribution in [0.5, 0.6) is 0 Å². The van der Waals surface area contributed by atoms with Crippen molar-refractivity contribution in [1.29, 1.82) is 0 Å². The van der Waals surface area contributed by atoms with Crippen LogP contribution in [0, 0.1) is 12.7 Å². The van der Waals surface area contributed by atoms with Crippen molar-refractivity contribution in [3.8, 4) is 0 Å². The Kier molecular flexibility index (Phi) is 3.48. The van der Waals surface area contributed by atoms with Crippen LogP contribution in [0.25, 0.3) is 0 Å². The number of fused-ring (bicyclic) bond motifs is 1. The summed E-state index contributed by atoms with van der Waals surface area (Å²) >= 11 is 0. The zero-order chi connectivity index (χ0) is 13.4. The van der Waals surface area contributed by atoms with Crippen molar-refractivity contribution in [3.63, 3.8) is 0 Å². The standard InChI is InChI=1S/C16H23FN2/c1-12-6-7-15(17)16(9-12)19-11-14-5-3-4-8-18(14)10-13(19)2/h6-7,9,13-14H,3-5,8,10-11H2,1-2H3. The fourth-order valence-corrected chi connectivity index (χ4v) is 3.53. The van der Waals surface area contributed by atoms with E-state index in [1.165, 1.54) is 25.8 Å². The van der Waals surface area contributed by atoms with Gasteiger partial charge in [-0.3, -0.25) is 4.90 Å². The van der Waals surface area contributed by atoms with Crippen LogP contribution in [0.4, 0.5) is 10.1 Å². The molecule has 2 heterocycles. The summed E-state index contributed by atoms with van der Waals surface area (Å²) in [6.07, 6.45) is 3.90. The lowest BCUT2D eigenvalue weighted by atomic mass is 9.96. The lowest BCUT2D eigenvalue weighted by Gasteiger charge is -2.48. The molecule has 2 atom stereocenters. The second kappa shape index (κ2) is 5.12. The Morgan fingerprint density at radius 2 is 2.05 bits per heavy atom. The summed E-state index contributed by atoms with van der Waals surface area (Å²) in [5, 5.41) is 0. The van der Waals surface area contributed by atoms with Crippen LogP contribution >= 0.6 is 0 Å². The molecule has 0 spiro atoms. The van der Waals surface area contributed by atoms with Gasteiger partial charge in [-0.05, 0) is 50.9 Å². The Hall–Kier alpha value is -1.09. The topological polar surface area (TPSA) is 6.48 Å². The fourth-order valence-electron chi connectivity index (χ4n) is 3.53. The molecule has 3 heteroatoms. The largest absolute Gasteiger partial charge is 0.364 e. The van der Waals surface area contributed by atoms with Gasteiger partial charge in [0, 0.05) is 25.2 Å². The van der Waals surface area contributed by atoms with E-state index in [0.717, 1.165) is 24.3 Å². The lowest BCUT2D eigenvalue weighted by molar-refractivity contribution is 0.115. The third kappa shape index (κ3) is 2.48. The summed E-state index contributed by atoms with van der Waals surface area (Å²) in [5.74, 6) is -0.0818. The number of piperidine rings is 1. The van der Waals surface area contributed by atoms with Crippen LogP contribution in [0.15, 0.2) is 18.2 Å². The number of hydrogen-bond acceptors (Lipinski definition) is 2. The molecule has 1 aromatic rings. The van der Waals surface area contributed by atoms with Crippen molar-refractivity contribution in [2.45, 2.75) is 45.2 Å². The molecule has 2 fully saturated rings. The van der Waals surface area contributed by atoms with E-state index in [0.29, 0.717) is 12.1 Å². The van der Waals surface area contributed by atoms with Crippen LogP contribution < -0.4 is 4.90 Å². The van der Waals surface area contributed by atoms with Gasteiger partial charge < -0.3 is 4.90 Å². The molecular formula is C16H23FN2. The van der Waals surface area contributed by atoms with Crippen LogP contribution in [0.1, 0.15) is 31.7 Å². The predicted octanol–water partition coefficient (Wildman–Crippen LogP) is 3.20. The van der Waals surface area contributed by atoms with Crippen molar-refractivity contribution in [3.05, 3.63) is 29.6 Å². The third-order valence-corrected chi connectivity index (χ3v) is 4.60. The lowest BCUT2D eigenvalue weighted by Crippen LogP contribution is -2.59. The normalized spacial score (nSPS) is 28.3. The van der Waals surface area contributed by atoms with Gasteiger partial charge in [-0.1, -0.05) is 12.5 Å². The highest BCUT2D eigenvalue weighted by atomic mass is 19.1. The summed E-state index contributed by atoms with van der Waals surface area (Å²) in [7, 11) is 0.